The number of rotatable bonds is 3. The van der Waals surface area contributed by atoms with Gasteiger partial charge in [-0.1, -0.05) is 31.4 Å². The first-order valence-electron chi connectivity index (χ1n) is 7.08. The van der Waals surface area contributed by atoms with Gasteiger partial charge in [-0.15, -0.1) is 0 Å². The molecule has 0 atom stereocenters. The second-order valence-electron chi connectivity index (χ2n) is 5.32. The Morgan fingerprint density at radius 1 is 1.33 bits per heavy atom. The predicted molar refractivity (Wildman–Crippen MR) is 81.6 cm³/mol. The lowest BCUT2D eigenvalue weighted by Crippen LogP contribution is -2.14. The van der Waals surface area contributed by atoms with Gasteiger partial charge in [0.25, 0.3) is 5.69 Å². The van der Waals surface area contributed by atoms with Crippen LogP contribution in [0.1, 0.15) is 38.1 Å². The summed E-state index contributed by atoms with van der Waals surface area (Å²) < 4.78 is 2.61. The minimum Gasteiger partial charge on any atom is -0.297 e. The first-order valence-corrected chi connectivity index (χ1v) is 7.49. The van der Waals surface area contributed by atoms with E-state index in [0.717, 1.165) is 18.4 Å². The normalized spacial score (nSPS) is 16.0. The third kappa shape index (κ3) is 2.73. The number of hydrogen-bond donors (Lipinski definition) is 1. The highest BCUT2D eigenvalue weighted by atomic mass is 32.1. The van der Waals surface area contributed by atoms with Crippen molar-refractivity contribution in [2.45, 2.75) is 38.1 Å². The van der Waals surface area contributed by atoms with E-state index in [1.165, 1.54) is 25.3 Å². The average molecular weight is 304 g/mol. The zero-order valence-electron chi connectivity index (χ0n) is 11.5. The van der Waals surface area contributed by atoms with Crippen molar-refractivity contribution in [1.29, 1.82) is 0 Å². The molecule has 0 radical (unpaired) electrons. The molecule has 6 nitrogen and oxygen atoms in total. The fraction of sp³-hybridized carbons (Fsp3) is 0.429. The molecular weight excluding hydrogens is 288 g/mol. The van der Waals surface area contributed by atoms with Crippen molar-refractivity contribution in [3.05, 3.63) is 39.2 Å². The molecule has 1 aliphatic rings. The van der Waals surface area contributed by atoms with Crippen molar-refractivity contribution < 1.29 is 4.92 Å². The average Bonchev–Trinajstić information content (AvgIpc) is 2.90. The van der Waals surface area contributed by atoms with Crippen molar-refractivity contribution in [3.63, 3.8) is 0 Å². The lowest BCUT2D eigenvalue weighted by atomic mass is 9.95. The SMILES string of the molecule is O=[N+]([O-])c1cccc(-c2n[nH]c(=S)n2C2CCCCC2)c1. The van der Waals surface area contributed by atoms with Crippen LogP contribution >= 0.6 is 12.2 Å². The fourth-order valence-electron chi connectivity index (χ4n) is 2.94. The van der Waals surface area contributed by atoms with Crippen LogP contribution in [0.4, 0.5) is 5.69 Å². The van der Waals surface area contributed by atoms with Crippen LogP contribution < -0.4 is 0 Å². The number of nitro benzene ring substituents is 1. The lowest BCUT2D eigenvalue weighted by Gasteiger charge is -2.24. The Hall–Kier alpha value is -2.02. The highest BCUT2D eigenvalue weighted by Gasteiger charge is 2.21. The van der Waals surface area contributed by atoms with Gasteiger partial charge < -0.3 is 0 Å². The van der Waals surface area contributed by atoms with Crippen LogP contribution in [-0.4, -0.2) is 19.7 Å². The van der Waals surface area contributed by atoms with E-state index >= 15 is 0 Å². The van der Waals surface area contributed by atoms with Crippen LogP contribution in [0.15, 0.2) is 24.3 Å². The second-order valence-corrected chi connectivity index (χ2v) is 5.71. The first kappa shape index (κ1) is 13.9. The standard InChI is InChI=1S/C14H16N4O2S/c19-18(20)12-8-4-5-10(9-12)13-15-16-14(21)17(13)11-6-2-1-3-7-11/h4-5,8-9,11H,1-3,6-7H2,(H,16,21). The molecule has 110 valence electrons. The van der Waals surface area contributed by atoms with Crippen LogP contribution in [0.25, 0.3) is 11.4 Å². The summed E-state index contributed by atoms with van der Waals surface area (Å²) in [6, 6.07) is 6.87. The highest BCUT2D eigenvalue weighted by molar-refractivity contribution is 7.71. The second kappa shape index (κ2) is 5.77. The van der Waals surface area contributed by atoms with Crippen LogP contribution in [0.2, 0.25) is 0 Å². The molecule has 2 aromatic rings. The predicted octanol–water partition coefficient (Wildman–Crippen LogP) is 4.02. The third-order valence-corrected chi connectivity index (χ3v) is 4.25. The molecule has 0 aliphatic heterocycles. The Morgan fingerprint density at radius 3 is 2.81 bits per heavy atom. The van der Waals surface area contributed by atoms with Gasteiger partial charge in [-0.05, 0) is 25.1 Å². The van der Waals surface area contributed by atoms with E-state index in [2.05, 4.69) is 10.2 Å². The van der Waals surface area contributed by atoms with Gasteiger partial charge in [-0.25, -0.2) is 0 Å². The van der Waals surface area contributed by atoms with E-state index in [-0.39, 0.29) is 5.69 Å². The van der Waals surface area contributed by atoms with Gasteiger partial charge in [0.2, 0.25) is 0 Å². The maximum Gasteiger partial charge on any atom is 0.270 e. The number of non-ortho nitro benzene ring substituents is 1. The maximum absolute atomic E-state index is 10.9. The Morgan fingerprint density at radius 2 is 2.10 bits per heavy atom. The molecule has 1 aromatic heterocycles. The summed E-state index contributed by atoms with van der Waals surface area (Å²) >= 11 is 5.35. The van der Waals surface area contributed by atoms with Gasteiger partial charge in [0.1, 0.15) is 0 Å². The van der Waals surface area contributed by atoms with E-state index in [0.29, 0.717) is 16.6 Å². The van der Waals surface area contributed by atoms with E-state index in [1.807, 2.05) is 10.6 Å². The Labute approximate surface area is 127 Å². The summed E-state index contributed by atoms with van der Waals surface area (Å²) in [4.78, 5) is 10.5. The first-order chi connectivity index (χ1) is 10.2. The summed E-state index contributed by atoms with van der Waals surface area (Å²) in [6.45, 7) is 0. The monoisotopic (exact) mass is 304 g/mol. The van der Waals surface area contributed by atoms with E-state index in [9.17, 15) is 10.1 Å². The Bertz CT molecular complexity index is 716. The summed E-state index contributed by atoms with van der Waals surface area (Å²) in [7, 11) is 0. The van der Waals surface area contributed by atoms with Gasteiger partial charge in [0.05, 0.1) is 4.92 Å². The van der Waals surface area contributed by atoms with E-state index < -0.39 is 4.92 Å². The summed E-state index contributed by atoms with van der Waals surface area (Å²) in [6.07, 6.45) is 5.79. The zero-order valence-corrected chi connectivity index (χ0v) is 12.3. The number of nitrogens with one attached hydrogen (secondary N) is 1. The topological polar surface area (TPSA) is 76.8 Å². The number of nitrogens with zero attached hydrogens (tertiary/aromatic N) is 3. The van der Waals surface area contributed by atoms with Crippen LogP contribution in [0.5, 0.6) is 0 Å². The lowest BCUT2D eigenvalue weighted by molar-refractivity contribution is -0.384. The molecule has 7 heteroatoms. The van der Waals surface area contributed by atoms with Crippen molar-refractivity contribution in [2.24, 2.45) is 0 Å². The smallest absolute Gasteiger partial charge is 0.270 e. The van der Waals surface area contributed by atoms with Crippen molar-refractivity contribution in [3.8, 4) is 11.4 Å². The molecule has 0 unspecified atom stereocenters. The molecule has 0 saturated heterocycles. The minimum atomic E-state index is -0.393. The van der Waals surface area contributed by atoms with Crippen molar-refractivity contribution in [2.75, 3.05) is 0 Å². The molecule has 0 spiro atoms. The molecule has 3 rings (SSSR count). The number of nitro groups is 1. The van der Waals surface area contributed by atoms with Crippen LogP contribution in [0.3, 0.4) is 0 Å². The molecule has 1 aliphatic carbocycles. The van der Waals surface area contributed by atoms with E-state index in [1.54, 1.807) is 12.1 Å². The largest absolute Gasteiger partial charge is 0.297 e. The number of aromatic nitrogens is 3. The summed E-state index contributed by atoms with van der Waals surface area (Å²) in [5.74, 6) is 0.690. The van der Waals surface area contributed by atoms with Gasteiger partial charge >= 0.3 is 0 Å². The zero-order chi connectivity index (χ0) is 14.8. The minimum absolute atomic E-state index is 0.0663. The van der Waals surface area contributed by atoms with Crippen molar-refractivity contribution in [1.82, 2.24) is 14.8 Å². The fourth-order valence-corrected chi connectivity index (χ4v) is 3.23. The Kier molecular flexibility index (Phi) is 3.83. The number of hydrogen-bond acceptors (Lipinski definition) is 4. The molecule has 1 heterocycles. The quantitative estimate of drug-likeness (QED) is 0.528. The molecule has 0 bridgehead atoms. The van der Waals surface area contributed by atoms with Gasteiger partial charge in [0.15, 0.2) is 10.6 Å². The molecule has 1 N–H and O–H groups in total. The van der Waals surface area contributed by atoms with Gasteiger partial charge in [0, 0.05) is 23.7 Å². The van der Waals surface area contributed by atoms with Crippen LogP contribution in [0, 0.1) is 14.9 Å². The molecule has 21 heavy (non-hydrogen) atoms. The summed E-state index contributed by atoms with van der Waals surface area (Å²) in [5.41, 5.74) is 0.790. The molecular formula is C14H16N4O2S. The number of benzene rings is 1. The molecule has 0 amide bonds. The van der Waals surface area contributed by atoms with Gasteiger partial charge in [-0.3, -0.25) is 19.8 Å². The maximum atomic E-state index is 10.9. The van der Waals surface area contributed by atoms with Crippen LogP contribution in [-0.2, 0) is 0 Å². The molecule has 1 saturated carbocycles. The third-order valence-electron chi connectivity index (χ3n) is 3.96. The highest BCUT2D eigenvalue weighted by Crippen LogP contribution is 2.32. The summed E-state index contributed by atoms with van der Waals surface area (Å²) in [5, 5.41) is 18.0. The number of H-pyrrole nitrogens is 1. The molecule has 1 fully saturated rings. The Balaban J connectivity index is 2.05. The van der Waals surface area contributed by atoms with E-state index in [4.69, 9.17) is 12.2 Å². The number of aromatic amines is 1. The van der Waals surface area contributed by atoms with Gasteiger partial charge in [-0.2, -0.15) is 5.10 Å². The van der Waals surface area contributed by atoms with Crippen molar-refractivity contribution >= 4 is 17.9 Å². The molecule has 1 aromatic carbocycles.